The molecule has 7 nitrogen and oxygen atoms in total. The molecule has 8 atom stereocenters. The van der Waals surface area contributed by atoms with Crippen LogP contribution in [0.25, 0.3) is 0 Å². The summed E-state index contributed by atoms with van der Waals surface area (Å²) in [6.45, 7) is 13.6. The molecule has 1 spiro atoms. The van der Waals surface area contributed by atoms with E-state index in [4.69, 9.17) is 24.0 Å². The van der Waals surface area contributed by atoms with Crippen LogP contribution in [0.3, 0.4) is 0 Å². The second-order valence-corrected chi connectivity index (χ2v) is 13.4. The van der Waals surface area contributed by atoms with Crippen LogP contribution in [0.2, 0.25) is 0 Å². The van der Waals surface area contributed by atoms with Crippen molar-refractivity contribution < 1.29 is 24.0 Å². The molecular weight excluding hydrogens is 516 g/mol. The molecule has 5 saturated heterocycles. The van der Waals surface area contributed by atoms with E-state index < -0.39 is 17.7 Å². The number of benzene rings is 2. The highest BCUT2D eigenvalue weighted by Crippen LogP contribution is 2.60. The van der Waals surface area contributed by atoms with Gasteiger partial charge < -0.3 is 14.2 Å². The van der Waals surface area contributed by atoms with Crippen LogP contribution in [-0.4, -0.2) is 59.9 Å². The number of piperazine rings is 1. The van der Waals surface area contributed by atoms with E-state index in [2.05, 4.69) is 78.2 Å². The van der Waals surface area contributed by atoms with Gasteiger partial charge in [-0.1, -0.05) is 68.4 Å². The normalized spacial score (nSPS) is 39.3. The van der Waals surface area contributed by atoms with Gasteiger partial charge in [0.05, 0.1) is 6.61 Å². The second kappa shape index (κ2) is 11.3. The molecule has 0 radical (unpaired) electrons. The molecule has 6 fully saturated rings. The molecular formula is C34H46N2O5. The number of nitrogens with zero attached hydrogens (tertiary/aromatic N) is 2. The molecule has 0 aromatic heterocycles. The van der Waals surface area contributed by atoms with Crippen molar-refractivity contribution in [3.8, 4) is 0 Å². The van der Waals surface area contributed by atoms with E-state index in [1.807, 2.05) is 6.92 Å². The lowest BCUT2D eigenvalue weighted by Gasteiger charge is -2.60. The quantitative estimate of drug-likeness (QED) is 0.400. The van der Waals surface area contributed by atoms with E-state index >= 15 is 0 Å². The molecule has 0 N–H and O–H groups in total. The fraction of sp³-hybridized carbons (Fsp3) is 0.647. The Morgan fingerprint density at radius 1 is 0.780 bits per heavy atom. The van der Waals surface area contributed by atoms with Gasteiger partial charge in [0.15, 0.2) is 18.2 Å². The number of ether oxygens (including phenoxy) is 3. The molecule has 2 aromatic carbocycles. The number of hydrogen-bond donors (Lipinski definition) is 0. The Hall–Kier alpha value is -1.84. The summed E-state index contributed by atoms with van der Waals surface area (Å²) < 4.78 is 19.5. The maximum absolute atomic E-state index is 6.59. The van der Waals surface area contributed by atoms with Crippen LogP contribution in [0.4, 0.5) is 0 Å². The molecule has 2 unspecified atom stereocenters. The van der Waals surface area contributed by atoms with Crippen LogP contribution < -0.4 is 0 Å². The summed E-state index contributed by atoms with van der Waals surface area (Å²) in [5, 5.41) is 0. The Bertz CT molecular complexity index is 1170. The molecule has 2 bridgehead atoms. The Balaban J connectivity index is 0.934. The van der Waals surface area contributed by atoms with Crippen molar-refractivity contribution in [3.05, 3.63) is 71.3 Å². The first-order valence-electron chi connectivity index (χ1n) is 15.8. The molecule has 222 valence electrons. The number of fused-ring (bicyclic) bond motifs is 2. The Labute approximate surface area is 245 Å². The Morgan fingerprint density at radius 2 is 1.44 bits per heavy atom. The molecule has 8 rings (SSSR count). The molecule has 6 aliphatic rings. The average molecular weight is 563 g/mol. The van der Waals surface area contributed by atoms with Crippen molar-refractivity contribution in [2.24, 2.45) is 23.7 Å². The van der Waals surface area contributed by atoms with E-state index in [1.165, 1.54) is 23.1 Å². The fourth-order valence-electron chi connectivity index (χ4n) is 8.19. The molecule has 2 aromatic rings. The van der Waals surface area contributed by atoms with Crippen LogP contribution in [0.5, 0.6) is 0 Å². The van der Waals surface area contributed by atoms with Crippen molar-refractivity contribution >= 4 is 0 Å². The average Bonchev–Trinajstić information content (AvgIpc) is 3.22. The zero-order valence-corrected chi connectivity index (χ0v) is 24.9. The summed E-state index contributed by atoms with van der Waals surface area (Å²) in [4.78, 5) is 17.3. The number of hydrogen-bond acceptors (Lipinski definition) is 7. The zero-order valence-electron chi connectivity index (χ0n) is 24.9. The molecule has 1 aliphatic carbocycles. The summed E-state index contributed by atoms with van der Waals surface area (Å²) in [7, 11) is 0. The topological polar surface area (TPSA) is 52.6 Å². The third-order valence-electron chi connectivity index (χ3n) is 10.7. The molecule has 5 heterocycles. The maximum atomic E-state index is 6.59. The SMILES string of the molecule is C[C@@H]1CCC2[C@@H](C)[C@@H](OCc3ccc(CN4CCN(Cc5ccccc5)CC4)cc3)OC3O[C@]4(C)CC[C@@H]1[C@]32OO4. The van der Waals surface area contributed by atoms with Crippen LogP contribution >= 0.6 is 0 Å². The van der Waals surface area contributed by atoms with Crippen LogP contribution in [-0.2, 0) is 43.7 Å². The van der Waals surface area contributed by atoms with E-state index in [-0.39, 0.29) is 18.1 Å². The van der Waals surface area contributed by atoms with Gasteiger partial charge >= 0.3 is 0 Å². The molecule has 5 aliphatic heterocycles. The Kier molecular flexibility index (Phi) is 7.74. The predicted octanol–water partition coefficient (Wildman–Crippen LogP) is 5.73. The van der Waals surface area contributed by atoms with Crippen molar-refractivity contribution in [2.75, 3.05) is 26.2 Å². The van der Waals surface area contributed by atoms with Crippen molar-refractivity contribution in [1.82, 2.24) is 9.80 Å². The van der Waals surface area contributed by atoms with E-state index in [0.717, 1.165) is 58.5 Å². The molecule has 1 saturated carbocycles. The van der Waals surface area contributed by atoms with Crippen LogP contribution in [0, 0.1) is 23.7 Å². The van der Waals surface area contributed by atoms with Gasteiger partial charge in [0.2, 0.25) is 5.79 Å². The second-order valence-electron chi connectivity index (χ2n) is 13.4. The Morgan fingerprint density at radius 3 is 2.15 bits per heavy atom. The highest BCUT2D eigenvalue weighted by atomic mass is 17.3. The summed E-state index contributed by atoms with van der Waals surface area (Å²) in [6, 6.07) is 19.7. The van der Waals surface area contributed by atoms with Crippen molar-refractivity contribution in [1.29, 1.82) is 0 Å². The maximum Gasteiger partial charge on any atom is 0.201 e. The minimum atomic E-state index is -0.757. The van der Waals surface area contributed by atoms with Gasteiger partial charge in [0, 0.05) is 57.5 Å². The van der Waals surface area contributed by atoms with E-state index in [0.29, 0.717) is 18.4 Å². The lowest BCUT2D eigenvalue weighted by atomic mass is 9.58. The fourth-order valence-corrected chi connectivity index (χ4v) is 8.19. The van der Waals surface area contributed by atoms with E-state index in [1.54, 1.807) is 0 Å². The van der Waals surface area contributed by atoms with Gasteiger partial charge in [0.25, 0.3) is 0 Å². The minimum absolute atomic E-state index is 0.190. The van der Waals surface area contributed by atoms with Gasteiger partial charge in [-0.3, -0.25) is 9.80 Å². The molecule has 0 amide bonds. The van der Waals surface area contributed by atoms with Gasteiger partial charge in [-0.25, -0.2) is 9.78 Å². The molecule has 41 heavy (non-hydrogen) atoms. The predicted molar refractivity (Wildman–Crippen MR) is 155 cm³/mol. The highest BCUT2D eigenvalue weighted by molar-refractivity contribution is 5.22. The standard InChI is InChI=1S/C34H46N2O5/c1-24-9-14-30-25(2)31(38-32-34(30)29(24)15-16-33(3,39-32)40-41-34)37-23-28-12-10-27(11-13-28)22-36-19-17-35(18-20-36)21-26-7-5-4-6-8-26/h4-8,10-13,24-25,29-32H,9,14-23H2,1-3H3/t24-,25-,29+,30?,31+,32?,33+,34-/m1/s1. The monoisotopic (exact) mass is 562 g/mol. The third-order valence-corrected chi connectivity index (χ3v) is 10.7. The van der Waals surface area contributed by atoms with Crippen molar-refractivity contribution in [2.45, 2.75) is 90.1 Å². The van der Waals surface area contributed by atoms with Gasteiger partial charge in [-0.15, -0.1) is 0 Å². The summed E-state index contributed by atoms with van der Waals surface area (Å²) in [5.74, 6) is 0.651. The summed E-state index contributed by atoms with van der Waals surface area (Å²) in [5.41, 5.74) is 3.38. The summed E-state index contributed by atoms with van der Waals surface area (Å²) in [6.07, 6.45) is 3.36. The van der Waals surface area contributed by atoms with Gasteiger partial charge in [0.1, 0.15) is 0 Å². The highest BCUT2D eigenvalue weighted by Gasteiger charge is 2.69. The smallest absolute Gasteiger partial charge is 0.201 e. The third kappa shape index (κ3) is 5.40. The first-order chi connectivity index (χ1) is 19.9. The first-order valence-corrected chi connectivity index (χ1v) is 15.8. The zero-order chi connectivity index (χ0) is 28.0. The first kappa shape index (κ1) is 28.0. The van der Waals surface area contributed by atoms with Crippen molar-refractivity contribution in [3.63, 3.8) is 0 Å². The van der Waals surface area contributed by atoms with Crippen LogP contribution in [0.15, 0.2) is 54.6 Å². The minimum Gasteiger partial charge on any atom is -0.348 e. The lowest BCUT2D eigenvalue weighted by molar-refractivity contribution is -0.577. The van der Waals surface area contributed by atoms with Crippen LogP contribution in [0.1, 0.15) is 63.1 Å². The number of rotatable bonds is 7. The molecule has 7 heteroatoms. The summed E-state index contributed by atoms with van der Waals surface area (Å²) >= 11 is 0. The largest absolute Gasteiger partial charge is 0.348 e. The van der Waals surface area contributed by atoms with Gasteiger partial charge in [-0.05, 0) is 54.7 Å². The van der Waals surface area contributed by atoms with Gasteiger partial charge in [-0.2, -0.15) is 0 Å². The van der Waals surface area contributed by atoms with E-state index in [9.17, 15) is 0 Å². The lowest BCUT2D eigenvalue weighted by Crippen LogP contribution is -2.70.